The summed E-state index contributed by atoms with van der Waals surface area (Å²) < 4.78 is 0. The van der Waals surface area contributed by atoms with Crippen molar-refractivity contribution >= 4 is 0 Å². The average Bonchev–Trinajstić information content (AvgIpc) is 2.47. The van der Waals surface area contributed by atoms with Gasteiger partial charge in [0.05, 0.1) is 0 Å². The van der Waals surface area contributed by atoms with Gasteiger partial charge in [0, 0.05) is 6.20 Å². The van der Waals surface area contributed by atoms with E-state index in [1.54, 1.807) is 0 Å². The Morgan fingerprint density at radius 3 is 3.09 bits per heavy atom. The summed E-state index contributed by atoms with van der Waals surface area (Å²) in [5.41, 5.74) is 0. The van der Waals surface area contributed by atoms with Crippen LogP contribution >= 0.6 is 0 Å². The molecule has 2 aliphatic rings. The van der Waals surface area contributed by atoms with E-state index in [1.807, 2.05) is 12.2 Å². The lowest BCUT2D eigenvalue weighted by molar-refractivity contribution is 0.286. The fourth-order valence-electron chi connectivity index (χ4n) is 1.37. The van der Waals surface area contributed by atoms with Gasteiger partial charge in [-0.3, -0.25) is 0 Å². The maximum Gasteiger partial charge on any atom is 0.162 e. The number of fused-ring (bicyclic) bond motifs is 1. The van der Waals surface area contributed by atoms with Gasteiger partial charge in [0.25, 0.3) is 0 Å². The molecule has 0 amide bonds. The summed E-state index contributed by atoms with van der Waals surface area (Å²) in [6.45, 7) is 2.12. The van der Waals surface area contributed by atoms with Crippen LogP contribution in [0.4, 0.5) is 0 Å². The van der Waals surface area contributed by atoms with Crippen LogP contribution in [0.15, 0.2) is 34.7 Å². The Bertz CT molecular complexity index is 229. The smallest absolute Gasteiger partial charge is 0.162 e. The first-order chi connectivity index (χ1) is 5.42. The van der Waals surface area contributed by atoms with E-state index in [-0.39, 0.29) is 12.3 Å². The van der Waals surface area contributed by atoms with Gasteiger partial charge >= 0.3 is 0 Å². The van der Waals surface area contributed by atoms with E-state index in [1.165, 1.54) is 0 Å². The third kappa shape index (κ3) is 0.964. The lowest BCUT2D eigenvalue weighted by atomic mass is 10.2. The molecule has 0 aromatic heterocycles. The summed E-state index contributed by atoms with van der Waals surface area (Å²) in [5.74, 6) is 0. The molecule has 2 aliphatic heterocycles. The summed E-state index contributed by atoms with van der Waals surface area (Å²) in [5, 5.41) is 8.27. The van der Waals surface area contributed by atoms with E-state index in [0.717, 1.165) is 6.42 Å². The van der Waals surface area contributed by atoms with Crippen molar-refractivity contribution in [3.8, 4) is 0 Å². The minimum absolute atomic E-state index is 0.171. The summed E-state index contributed by atoms with van der Waals surface area (Å²) in [7, 11) is 0. The Morgan fingerprint density at radius 2 is 2.27 bits per heavy atom. The zero-order chi connectivity index (χ0) is 7.68. The maximum absolute atomic E-state index is 4.15. The second kappa shape index (κ2) is 2.49. The molecule has 0 fully saturated rings. The fraction of sp³-hybridized carbons (Fsp3) is 0.500. The van der Waals surface area contributed by atoms with Crippen LogP contribution in [-0.4, -0.2) is 17.2 Å². The van der Waals surface area contributed by atoms with Gasteiger partial charge in [-0.05, 0) is 18.6 Å². The highest BCUT2D eigenvalue weighted by atomic mass is 15.5. The molecule has 0 aromatic rings. The summed E-state index contributed by atoms with van der Waals surface area (Å²) in [4.78, 5) is 2.17. The van der Waals surface area contributed by atoms with Gasteiger partial charge in [0.15, 0.2) is 6.17 Å². The van der Waals surface area contributed by atoms with E-state index < -0.39 is 0 Å². The molecule has 2 heterocycles. The molecule has 11 heavy (non-hydrogen) atoms. The molecule has 0 radical (unpaired) electrons. The Balaban J connectivity index is 2.18. The van der Waals surface area contributed by atoms with Gasteiger partial charge in [0.2, 0.25) is 0 Å². The molecule has 58 valence electrons. The first-order valence-corrected chi connectivity index (χ1v) is 3.94. The minimum Gasteiger partial charge on any atom is -0.328 e. The predicted octanol–water partition coefficient (Wildman–Crippen LogP) is 1.90. The lowest BCUT2D eigenvalue weighted by Crippen LogP contribution is -2.31. The molecule has 2 unspecified atom stereocenters. The molecule has 0 saturated carbocycles. The third-order valence-corrected chi connectivity index (χ3v) is 1.99. The van der Waals surface area contributed by atoms with E-state index in [2.05, 4.69) is 34.3 Å². The van der Waals surface area contributed by atoms with Crippen LogP contribution in [0.3, 0.4) is 0 Å². The van der Waals surface area contributed by atoms with Crippen LogP contribution in [0.2, 0.25) is 0 Å². The van der Waals surface area contributed by atoms with Crippen LogP contribution in [0, 0.1) is 0 Å². The summed E-state index contributed by atoms with van der Waals surface area (Å²) >= 11 is 0. The van der Waals surface area contributed by atoms with Crippen LogP contribution in [-0.2, 0) is 0 Å². The molecule has 0 aliphatic carbocycles. The van der Waals surface area contributed by atoms with E-state index >= 15 is 0 Å². The average molecular weight is 149 g/mol. The number of hydrogen-bond acceptors (Lipinski definition) is 3. The third-order valence-electron chi connectivity index (χ3n) is 1.99. The highest BCUT2D eigenvalue weighted by Crippen LogP contribution is 2.23. The van der Waals surface area contributed by atoms with Crippen molar-refractivity contribution in [3.63, 3.8) is 0 Å². The van der Waals surface area contributed by atoms with Crippen molar-refractivity contribution in [2.75, 3.05) is 0 Å². The van der Waals surface area contributed by atoms with E-state index in [0.29, 0.717) is 0 Å². The molecule has 3 heteroatoms. The number of nitrogens with zero attached hydrogens (tertiary/aromatic N) is 3. The Hall–Kier alpha value is -1.12. The Labute approximate surface area is 66.1 Å². The molecule has 3 nitrogen and oxygen atoms in total. The normalized spacial score (nSPS) is 33.0. The summed E-state index contributed by atoms with van der Waals surface area (Å²) in [6.07, 6.45) is 9.61. The van der Waals surface area contributed by atoms with Crippen molar-refractivity contribution in [2.45, 2.75) is 25.7 Å². The standard InChI is InChI=1S/C8H11N3/c1-2-7-9-10-8-5-3-4-6-11(7)8/h3-8H,2H2,1H3. The van der Waals surface area contributed by atoms with Crippen LogP contribution in [0.5, 0.6) is 0 Å². The second-order valence-electron chi connectivity index (χ2n) is 2.71. The van der Waals surface area contributed by atoms with Crippen LogP contribution < -0.4 is 0 Å². The molecule has 2 atom stereocenters. The Morgan fingerprint density at radius 1 is 1.36 bits per heavy atom. The van der Waals surface area contributed by atoms with Crippen molar-refractivity contribution in [1.29, 1.82) is 0 Å². The monoisotopic (exact) mass is 149 g/mol. The molecular formula is C8H11N3. The topological polar surface area (TPSA) is 28.0 Å². The largest absolute Gasteiger partial charge is 0.328 e. The van der Waals surface area contributed by atoms with Crippen molar-refractivity contribution < 1.29 is 0 Å². The molecule has 0 bridgehead atoms. The number of allylic oxidation sites excluding steroid dienone is 2. The molecular weight excluding hydrogens is 138 g/mol. The van der Waals surface area contributed by atoms with Crippen molar-refractivity contribution in [1.82, 2.24) is 4.90 Å². The lowest BCUT2D eigenvalue weighted by Gasteiger charge is -2.24. The van der Waals surface area contributed by atoms with Gasteiger partial charge in [-0.1, -0.05) is 13.0 Å². The number of hydrogen-bond donors (Lipinski definition) is 0. The predicted molar refractivity (Wildman–Crippen MR) is 42.8 cm³/mol. The highest BCUT2D eigenvalue weighted by molar-refractivity contribution is 5.14. The van der Waals surface area contributed by atoms with Gasteiger partial charge in [-0.2, -0.15) is 10.2 Å². The molecule has 2 rings (SSSR count). The minimum atomic E-state index is 0.171. The van der Waals surface area contributed by atoms with Crippen LogP contribution in [0.25, 0.3) is 0 Å². The van der Waals surface area contributed by atoms with E-state index in [9.17, 15) is 0 Å². The molecule has 0 aromatic carbocycles. The van der Waals surface area contributed by atoms with Gasteiger partial charge in [-0.25, -0.2) is 0 Å². The quantitative estimate of drug-likeness (QED) is 0.559. The highest BCUT2D eigenvalue weighted by Gasteiger charge is 2.26. The fourth-order valence-corrected chi connectivity index (χ4v) is 1.37. The Kier molecular flexibility index (Phi) is 1.49. The SMILES string of the molecule is CCC1N=NC2C=CC=CN21. The zero-order valence-electron chi connectivity index (χ0n) is 6.51. The van der Waals surface area contributed by atoms with Crippen molar-refractivity contribution in [2.24, 2.45) is 10.2 Å². The molecule has 0 saturated heterocycles. The maximum atomic E-state index is 4.15. The first-order valence-electron chi connectivity index (χ1n) is 3.94. The molecule has 0 spiro atoms. The number of azo groups is 1. The van der Waals surface area contributed by atoms with Gasteiger partial charge in [-0.15, -0.1) is 0 Å². The second-order valence-corrected chi connectivity index (χ2v) is 2.71. The van der Waals surface area contributed by atoms with Gasteiger partial charge in [0.1, 0.15) is 6.17 Å². The summed E-state index contributed by atoms with van der Waals surface area (Å²) in [6, 6.07) is 0. The molecule has 0 N–H and O–H groups in total. The van der Waals surface area contributed by atoms with Crippen LogP contribution in [0.1, 0.15) is 13.3 Å². The van der Waals surface area contributed by atoms with Crippen molar-refractivity contribution in [3.05, 3.63) is 24.4 Å². The first kappa shape index (κ1) is 6.58. The zero-order valence-corrected chi connectivity index (χ0v) is 6.51. The number of rotatable bonds is 1. The van der Waals surface area contributed by atoms with Gasteiger partial charge < -0.3 is 4.90 Å². The van der Waals surface area contributed by atoms with E-state index in [4.69, 9.17) is 0 Å².